The molecule has 2 rings (SSSR count). The molecule has 0 spiro atoms. The van der Waals surface area contributed by atoms with Crippen LogP contribution in [0.25, 0.3) is 0 Å². The van der Waals surface area contributed by atoms with Crippen LogP contribution >= 0.6 is 27.3 Å². The molecule has 1 saturated heterocycles. The van der Waals surface area contributed by atoms with E-state index >= 15 is 0 Å². The monoisotopic (exact) mass is 409 g/mol. The highest BCUT2D eigenvalue weighted by Gasteiger charge is 2.29. The lowest BCUT2D eigenvalue weighted by Crippen LogP contribution is -2.45. The maximum absolute atomic E-state index is 12.0. The fourth-order valence-corrected chi connectivity index (χ4v) is 4.81. The molecule has 0 saturated carbocycles. The molecule has 0 aliphatic carbocycles. The Balaban J connectivity index is 1.80. The fourth-order valence-electron chi connectivity index (χ4n) is 2.33. The first kappa shape index (κ1) is 17.9. The molecule has 0 aromatic carbocycles. The number of halogens is 1. The lowest BCUT2D eigenvalue weighted by molar-refractivity contribution is 0.0945. The van der Waals surface area contributed by atoms with Crippen molar-refractivity contribution in [2.24, 2.45) is 5.92 Å². The average molecular weight is 410 g/mol. The van der Waals surface area contributed by atoms with Crippen molar-refractivity contribution in [1.29, 1.82) is 0 Å². The third-order valence-corrected chi connectivity index (χ3v) is 7.33. The molecule has 22 heavy (non-hydrogen) atoms. The highest BCUT2D eigenvalue weighted by Crippen LogP contribution is 2.21. The standard InChI is InChI=1S/C13H20BrN3O3S2/c1-16(2)22(19,20)17-5-3-10(4-6-17)8-15-13(18)12-7-11(14)9-21-12/h7,9-10H,3-6,8H2,1-2H3,(H,15,18). The zero-order valence-corrected chi connectivity index (χ0v) is 15.8. The van der Waals surface area contributed by atoms with E-state index in [4.69, 9.17) is 0 Å². The number of amides is 1. The summed E-state index contributed by atoms with van der Waals surface area (Å²) in [6.45, 7) is 1.60. The Morgan fingerprint density at radius 3 is 2.59 bits per heavy atom. The van der Waals surface area contributed by atoms with Gasteiger partial charge in [-0.15, -0.1) is 11.3 Å². The molecule has 124 valence electrons. The fraction of sp³-hybridized carbons (Fsp3) is 0.615. The third-order valence-electron chi connectivity index (χ3n) is 3.70. The van der Waals surface area contributed by atoms with Crippen molar-refractivity contribution in [3.63, 3.8) is 0 Å². The highest BCUT2D eigenvalue weighted by molar-refractivity contribution is 9.10. The van der Waals surface area contributed by atoms with Gasteiger partial charge >= 0.3 is 0 Å². The first-order valence-electron chi connectivity index (χ1n) is 7.00. The number of nitrogens with zero attached hydrogens (tertiary/aromatic N) is 2. The van der Waals surface area contributed by atoms with Crippen LogP contribution in [-0.2, 0) is 10.2 Å². The summed E-state index contributed by atoms with van der Waals surface area (Å²) < 4.78 is 27.7. The van der Waals surface area contributed by atoms with Gasteiger partial charge < -0.3 is 5.32 Å². The number of hydrogen-bond acceptors (Lipinski definition) is 4. The molecule has 1 aliphatic heterocycles. The summed E-state index contributed by atoms with van der Waals surface area (Å²) in [5.41, 5.74) is 0. The normalized spacial score (nSPS) is 17.8. The molecular formula is C13H20BrN3O3S2. The van der Waals surface area contributed by atoms with Crippen molar-refractivity contribution < 1.29 is 13.2 Å². The van der Waals surface area contributed by atoms with Gasteiger partial charge in [-0.05, 0) is 40.8 Å². The minimum atomic E-state index is -3.32. The first-order chi connectivity index (χ1) is 10.3. The van der Waals surface area contributed by atoms with Gasteiger partial charge in [0, 0.05) is 43.6 Å². The van der Waals surface area contributed by atoms with Gasteiger partial charge in [0.25, 0.3) is 16.1 Å². The van der Waals surface area contributed by atoms with Gasteiger partial charge in [-0.2, -0.15) is 17.0 Å². The molecule has 1 aliphatic rings. The van der Waals surface area contributed by atoms with E-state index in [0.29, 0.717) is 30.4 Å². The van der Waals surface area contributed by atoms with E-state index in [1.165, 1.54) is 19.9 Å². The van der Waals surface area contributed by atoms with E-state index in [9.17, 15) is 13.2 Å². The lowest BCUT2D eigenvalue weighted by Gasteiger charge is -2.32. The summed E-state index contributed by atoms with van der Waals surface area (Å²) in [4.78, 5) is 12.7. The first-order valence-corrected chi connectivity index (χ1v) is 10.1. The smallest absolute Gasteiger partial charge is 0.281 e. The van der Waals surface area contributed by atoms with Crippen LogP contribution in [0.2, 0.25) is 0 Å². The minimum absolute atomic E-state index is 0.0703. The van der Waals surface area contributed by atoms with Crippen LogP contribution in [0.3, 0.4) is 0 Å². The van der Waals surface area contributed by atoms with E-state index in [1.807, 2.05) is 5.38 Å². The van der Waals surface area contributed by atoms with Crippen LogP contribution in [-0.4, -0.2) is 56.7 Å². The molecule has 9 heteroatoms. The number of thiophene rings is 1. The maximum Gasteiger partial charge on any atom is 0.281 e. The van der Waals surface area contributed by atoms with E-state index in [-0.39, 0.29) is 5.91 Å². The molecule has 1 fully saturated rings. The van der Waals surface area contributed by atoms with Gasteiger partial charge in [0.15, 0.2) is 0 Å². The van der Waals surface area contributed by atoms with E-state index in [0.717, 1.165) is 17.3 Å². The van der Waals surface area contributed by atoms with Crippen molar-refractivity contribution in [1.82, 2.24) is 13.9 Å². The summed E-state index contributed by atoms with van der Waals surface area (Å²) in [6, 6.07) is 1.80. The Morgan fingerprint density at radius 2 is 2.09 bits per heavy atom. The topological polar surface area (TPSA) is 69.7 Å². The molecule has 0 unspecified atom stereocenters. The van der Waals surface area contributed by atoms with Crippen molar-refractivity contribution >= 4 is 43.4 Å². The van der Waals surface area contributed by atoms with Crippen LogP contribution in [0, 0.1) is 5.92 Å². The van der Waals surface area contributed by atoms with Gasteiger partial charge in [0.2, 0.25) is 0 Å². The number of carbonyl (C=O) groups is 1. The van der Waals surface area contributed by atoms with Crippen molar-refractivity contribution in [2.75, 3.05) is 33.7 Å². The molecule has 2 heterocycles. The lowest BCUT2D eigenvalue weighted by atomic mass is 9.98. The van der Waals surface area contributed by atoms with E-state index < -0.39 is 10.2 Å². The third kappa shape index (κ3) is 4.29. The van der Waals surface area contributed by atoms with E-state index in [2.05, 4.69) is 21.2 Å². The summed E-state index contributed by atoms with van der Waals surface area (Å²) in [7, 11) is -0.234. The van der Waals surface area contributed by atoms with Crippen molar-refractivity contribution in [2.45, 2.75) is 12.8 Å². The number of carbonyl (C=O) groups excluding carboxylic acids is 1. The van der Waals surface area contributed by atoms with Crippen LogP contribution in [0.1, 0.15) is 22.5 Å². The van der Waals surface area contributed by atoms with Gasteiger partial charge in [-0.25, -0.2) is 0 Å². The van der Waals surface area contributed by atoms with Crippen molar-refractivity contribution in [3.05, 3.63) is 20.8 Å². The quantitative estimate of drug-likeness (QED) is 0.805. The number of rotatable bonds is 5. The molecule has 0 atom stereocenters. The van der Waals surface area contributed by atoms with Gasteiger partial charge in [0.1, 0.15) is 0 Å². The van der Waals surface area contributed by atoms with Crippen LogP contribution in [0.4, 0.5) is 0 Å². The van der Waals surface area contributed by atoms with Gasteiger partial charge in [0.05, 0.1) is 4.88 Å². The molecule has 6 nitrogen and oxygen atoms in total. The largest absolute Gasteiger partial charge is 0.351 e. The molecule has 0 bridgehead atoms. The second kappa shape index (κ2) is 7.39. The van der Waals surface area contributed by atoms with Crippen molar-refractivity contribution in [3.8, 4) is 0 Å². The summed E-state index contributed by atoms with van der Waals surface area (Å²) >= 11 is 4.73. The predicted molar refractivity (Wildman–Crippen MR) is 91.3 cm³/mol. The highest BCUT2D eigenvalue weighted by atomic mass is 79.9. The maximum atomic E-state index is 12.0. The minimum Gasteiger partial charge on any atom is -0.351 e. The van der Waals surface area contributed by atoms with Crippen LogP contribution in [0.15, 0.2) is 15.9 Å². The Morgan fingerprint density at radius 1 is 1.45 bits per heavy atom. The zero-order valence-electron chi connectivity index (χ0n) is 12.6. The van der Waals surface area contributed by atoms with E-state index in [1.54, 1.807) is 20.2 Å². The number of hydrogen-bond donors (Lipinski definition) is 1. The Labute approximate surface area is 143 Å². The summed E-state index contributed by atoms with van der Waals surface area (Å²) in [5.74, 6) is 0.250. The second-order valence-electron chi connectivity index (χ2n) is 5.47. The summed E-state index contributed by atoms with van der Waals surface area (Å²) in [6.07, 6.45) is 1.53. The van der Waals surface area contributed by atoms with Gasteiger partial charge in [-0.3, -0.25) is 4.79 Å². The number of nitrogens with one attached hydrogen (secondary N) is 1. The Bertz CT molecular complexity index is 622. The molecular weight excluding hydrogens is 390 g/mol. The molecule has 1 aromatic rings. The van der Waals surface area contributed by atoms with Crippen LogP contribution < -0.4 is 5.32 Å². The Kier molecular flexibility index (Phi) is 6.00. The molecule has 1 aromatic heterocycles. The molecule has 1 amide bonds. The second-order valence-corrected chi connectivity index (χ2v) is 9.44. The predicted octanol–water partition coefficient (Wildman–Crippen LogP) is 1.76. The molecule has 1 N–H and O–H groups in total. The summed E-state index contributed by atoms with van der Waals surface area (Å²) in [5, 5.41) is 4.81. The molecule has 0 radical (unpaired) electrons. The Hall–Kier alpha value is -0.480. The zero-order chi connectivity index (χ0) is 16.3. The number of piperidine rings is 1. The van der Waals surface area contributed by atoms with Gasteiger partial charge in [-0.1, -0.05) is 0 Å². The van der Waals surface area contributed by atoms with Crippen LogP contribution in [0.5, 0.6) is 0 Å². The SMILES string of the molecule is CN(C)S(=O)(=O)N1CCC(CNC(=O)c2cc(Br)cs2)CC1. The average Bonchev–Trinajstić information content (AvgIpc) is 2.91.